The molecule has 7 heteroatoms. The molecular formula is C8H4Cl3N3O. The fourth-order valence-electron chi connectivity index (χ4n) is 1.16. The molecule has 2 aromatic rings. The normalized spacial score (nSPS) is 10.7. The average Bonchev–Trinajstić information content (AvgIpc) is 2.17. The molecule has 0 bridgehead atoms. The zero-order valence-electron chi connectivity index (χ0n) is 7.46. The molecule has 2 aromatic heterocycles. The summed E-state index contributed by atoms with van der Waals surface area (Å²) in [5.41, 5.74) is 0.447. The first-order valence-corrected chi connectivity index (χ1v) is 4.98. The zero-order valence-corrected chi connectivity index (χ0v) is 9.73. The molecule has 0 N–H and O–H groups in total. The summed E-state index contributed by atoms with van der Waals surface area (Å²) in [6, 6.07) is 0. The Bertz CT molecular complexity index is 532. The number of fused-ring (bicyclic) bond motifs is 1. The Morgan fingerprint density at radius 2 is 1.87 bits per heavy atom. The SMILES string of the molecule is COc1c(Cl)ncc2c(Cl)nc(Cl)nc12. The number of methoxy groups -OCH3 is 1. The quantitative estimate of drug-likeness (QED) is 0.451. The van der Waals surface area contributed by atoms with Gasteiger partial charge in [0.15, 0.2) is 10.9 Å². The van der Waals surface area contributed by atoms with Crippen LogP contribution >= 0.6 is 34.8 Å². The summed E-state index contributed by atoms with van der Waals surface area (Å²) >= 11 is 17.4. The van der Waals surface area contributed by atoms with Crippen molar-refractivity contribution in [2.24, 2.45) is 0 Å². The number of ether oxygens (including phenoxy) is 1. The van der Waals surface area contributed by atoms with Crippen LogP contribution in [0.2, 0.25) is 15.6 Å². The third-order valence-corrected chi connectivity index (χ3v) is 2.51. The minimum atomic E-state index is 0.0352. The van der Waals surface area contributed by atoms with E-state index in [0.717, 1.165) is 0 Å². The van der Waals surface area contributed by atoms with Crippen molar-refractivity contribution in [1.29, 1.82) is 0 Å². The molecule has 0 aliphatic carbocycles. The lowest BCUT2D eigenvalue weighted by Crippen LogP contribution is -1.94. The minimum absolute atomic E-state index is 0.0352. The molecule has 15 heavy (non-hydrogen) atoms. The van der Waals surface area contributed by atoms with Crippen molar-refractivity contribution in [2.75, 3.05) is 7.11 Å². The Morgan fingerprint density at radius 3 is 2.53 bits per heavy atom. The molecule has 2 heterocycles. The van der Waals surface area contributed by atoms with Gasteiger partial charge in [-0.15, -0.1) is 0 Å². The molecule has 0 amide bonds. The number of hydrogen-bond donors (Lipinski definition) is 0. The van der Waals surface area contributed by atoms with E-state index in [2.05, 4.69) is 15.0 Å². The molecule has 0 aromatic carbocycles. The van der Waals surface area contributed by atoms with Gasteiger partial charge in [0.25, 0.3) is 0 Å². The van der Waals surface area contributed by atoms with Crippen LogP contribution in [0.3, 0.4) is 0 Å². The van der Waals surface area contributed by atoms with Crippen molar-refractivity contribution in [3.8, 4) is 5.75 Å². The minimum Gasteiger partial charge on any atom is -0.491 e. The van der Waals surface area contributed by atoms with E-state index in [1.165, 1.54) is 13.3 Å². The second-order valence-corrected chi connectivity index (χ2v) is 3.68. The molecule has 0 spiro atoms. The van der Waals surface area contributed by atoms with Gasteiger partial charge in [0.1, 0.15) is 10.7 Å². The molecule has 0 aliphatic heterocycles. The van der Waals surface area contributed by atoms with Crippen molar-refractivity contribution in [1.82, 2.24) is 15.0 Å². The van der Waals surface area contributed by atoms with Crippen LogP contribution in [-0.2, 0) is 0 Å². The van der Waals surface area contributed by atoms with Crippen molar-refractivity contribution in [3.63, 3.8) is 0 Å². The van der Waals surface area contributed by atoms with Gasteiger partial charge in [-0.2, -0.15) is 0 Å². The molecule has 0 aliphatic rings. The molecule has 4 nitrogen and oxygen atoms in total. The zero-order chi connectivity index (χ0) is 11.0. The highest BCUT2D eigenvalue weighted by Crippen LogP contribution is 2.32. The first kappa shape index (κ1) is 10.7. The van der Waals surface area contributed by atoms with Crippen LogP contribution in [0.15, 0.2) is 6.20 Å². The highest BCUT2D eigenvalue weighted by atomic mass is 35.5. The number of nitrogens with zero attached hydrogens (tertiary/aromatic N) is 3. The van der Waals surface area contributed by atoms with Gasteiger partial charge >= 0.3 is 0 Å². The van der Waals surface area contributed by atoms with Crippen LogP contribution in [-0.4, -0.2) is 22.1 Å². The standard InChI is InChI=1S/C8H4Cl3N3O/c1-15-5-4-3(2-12-7(5)10)6(9)14-8(11)13-4/h2H,1H3. The van der Waals surface area contributed by atoms with Gasteiger partial charge in [0.05, 0.1) is 12.5 Å². The molecule has 0 unspecified atom stereocenters. The number of rotatable bonds is 1. The fraction of sp³-hybridized carbons (Fsp3) is 0.125. The largest absolute Gasteiger partial charge is 0.491 e. The summed E-state index contributed by atoms with van der Waals surface area (Å²) in [6.45, 7) is 0. The van der Waals surface area contributed by atoms with Gasteiger partial charge in [-0.05, 0) is 11.6 Å². The van der Waals surface area contributed by atoms with E-state index in [-0.39, 0.29) is 15.6 Å². The van der Waals surface area contributed by atoms with Crippen molar-refractivity contribution < 1.29 is 4.74 Å². The van der Waals surface area contributed by atoms with Gasteiger partial charge in [0.2, 0.25) is 5.28 Å². The van der Waals surface area contributed by atoms with Crippen molar-refractivity contribution in [3.05, 3.63) is 21.8 Å². The summed E-state index contributed by atoms with van der Waals surface area (Å²) in [7, 11) is 1.46. The second kappa shape index (κ2) is 3.96. The van der Waals surface area contributed by atoms with Crippen LogP contribution < -0.4 is 4.74 Å². The maximum atomic E-state index is 5.87. The average molecular weight is 264 g/mol. The predicted molar refractivity (Wildman–Crippen MR) is 58.9 cm³/mol. The molecule has 0 atom stereocenters. The van der Waals surface area contributed by atoms with Gasteiger partial charge in [-0.1, -0.05) is 23.2 Å². The summed E-state index contributed by atoms with van der Waals surface area (Å²) in [5.74, 6) is 0.334. The van der Waals surface area contributed by atoms with Crippen LogP contribution in [0.4, 0.5) is 0 Å². The highest BCUT2D eigenvalue weighted by molar-refractivity contribution is 6.37. The second-order valence-electron chi connectivity index (χ2n) is 2.63. The summed E-state index contributed by atoms with van der Waals surface area (Å²) in [5, 5.41) is 0.999. The van der Waals surface area contributed by atoms with Gasteiger partial charge in [-0.3, -0.25) is 0 Å². The molecule has 0 saturated heterocycles. The third-order valence-electron chi connectivity index (χ3n) is 1.79. The maximum absolute atomic E-state index is 5.87. The van der Waals surface area contributed by atoms with Crippen LogP contribution in [0.5, 0.6) is 5.75 Å². The first-order valence-electron chi connectivity index (χ1n) is 3.84. The topological polar surface area (TPSA) is 47.9 Å². The number of halogens is 3. The lowest BCUT2D eigenvalue weighted by Gasteiger charge is -2.06. The monoisotopic (exact) mass is 263 g/mol. The fourth-order valence-corrected chi connectivity index (χ4v) is 1.81. The number of hydrogen-bond acceptors (Lipinski definition) is 4. The Labute approximate surface area is 100 Å². The van der Waals surface area contributed by atoms with E-state index in [1.54, 1.807) is 0 Å². The van der Waals surface area contributed by atoms with Crippen molar-refractivity contribution in [2.45, 2.75) is 0 Å². The summed E-state index contributed by atoms with van der Waals surface area (Å²) in [6.07, 6.45) is 1.47. The van der Waals surface area contributed by atoms with Crippen LogP contribution in [0.1, 0.15) is 0 Å². The molecular weight excluding hydrogens is 260 g/mol. The predicted octanol–water partition coefficient (Wildman–Crippen LogP) is 2.99. The number of pyridine rings is 1. The van der Waals surface area contributed by atoms with Crippen LogP contribution in [0, 0.1) is 0 Å². The Hall–Kier alpha value is -0.840. The number of aromatic nitrogens is 3. The Balaban J connectivity index is 2.91. The van der Waals surface area contributed by atoms with E-state index >= 15 is 0 Å². The van der Waals surface area contributed by atoms with Gasteiger partial charge in [0, 0.05) is 6.20 Å². The Morgan fingerprint density at radius 1 is 1.13 bits per heavy atom. The van der Waals surface area contributed by atoms with E-state index in [0.29, 0.717) is 16.7 Å². The van der Waals surface area contributed by atoms with Crippen LogP contribution in [0.25, 0.3) is 10.9 Å². The molecule has 2 rings (SSSR count). The molecule has 0 fully saturated rings. The van der Waals surface area contributed by atoms with E-state index < -0.39 is 0 Å². The summed E-state index contributed by atoms with van der Waals surface area (Å²) < 4.78 is 5.07. The Kier molecular flexibility index (Phi) is 2.82. The lowest BCUT2D eigenvalue weighted by atomic mass is 10.3. The van der Waals surface area contributed by atoms with E-state index in [4.69, 9.17) is 39.5 Å². The van der Waals surface area contributed by atoms with Gasteiger partial charge < -0.3 is 4.74 Å². The third kappa shape index (κ3) is 1.80. The maximum Gasteiger partial charge on any atom is 0.224 e. The van der Waals surface area contributed by atoms with E-state index in [9.17, 15) is 0 Å². The smallest absolute Gasteiger partial charge is 0.224 e. The molecule has 78 valence electrons. The van der Waals surface area contributed by atoms with E-state index in [1.807, 2.05) is 0 Å². The molecule has 0 radical (unpaired) electrons. The molecule has 0 saturated carbocycles. The summed E-state index contributed by atoms with van der Waals surface area (Å²) in [4.78, 5) is 11.7. The first-order chi connectivity index (χ1) is 7.13. The highest BCUT2D eigenvalue weighted by Gasteiger charge is 2.13. The lowest BCUT2D eigenvalue weighted by molar-refractivity contribution is 0.417. The van der Waals surface area contributed by atoms with Gasteiger partial charge in [-0.25, -0.2) is 15.0 Å². The van der Waals surface area contributed by atoms with Crippen molar-refractivity contribution >= 4 is 45.7 Å².